The number of thiazole rings is 1. The number of benzene rings is 2. The Hall–Kier alpha value is -2.75. The van der Waals surface area contributed by atoms with Crippen LogP contribution in [0.15, 0.2) is 53.4 Å². The summed E-state index contributed by atoms with van der Waals surface area (Å²) >= 11 is 1.51. The molecule has 0 radical (unpaired) electrons. The first kappa shape index (κ1) is 23.0. The van der Waals surface area contributed by atoms with Crippen LogP contribution in [-0.4, -0.2) is 65.9 Å². The molecule has 4 aromatic rings. The van der Waals surface area contributed by atoms with Gasteiger partial charge < -0.3 is 4.90 Å². The topological polar surface area (TPSA) is 75.0 Å². The van der Waals surface area contributed by atoms with Crippen molar-refractivity contribution >= 4 is 42.3 Å². The minimum atomic E-state index is -3.28. The van der Waals surface area contributed by atoms with E-state index in [2.05, 4.69) is 21.4 Å². The molecule has 2 aromatic heterocycles. The number of carbonyl (C=O) groups excluding carboxylic acids is 1. The van der Waals surface area contributed by atoms with E-state index >= 15 is 0 Å². The summed E-state index contributed by atoms with van der Waals surface area (Å²) in [6.07, 6.45) is 1.23. The summed E-state index contributed by atoms with van der Waals surface area (Å²) in [5.74, 6) is 0.224. The first-order valence-corrected chi connectivity index (χ1v) is 14.1. The number of hydrogen-bond acceptors (Lipinski definition) is 6. The van der Waals surface area contributed by atoms with Gasteiger partial charge in [0, 0.05) is 50.5 Å². The van der Waals surface area contributed by atoms with E-state index in [9.17, 15) is 13.2 Å². The molecule has 7 nitrogen and oxygen atoms in total. The fourth-order valence-corrected chi connectivity index (χ4v) is 6.32. The average molecular weight is 497 g/mol. The van der Waals surface area contributed by atoms with E-state index in [4.69, 9.17) is 4.98 Å². The first-order valence-electron chi connectivity index (χ1n) is 11.4. The Morgan fingerprint density at radius 1 is 1.06 bits per heavy atom. The summed E-state index contributed by atoms with van der Waals surface area (Å²) in [7, 11) is -3.28. The van der Waals surface area contributed by atoms with Crippen molar-refractivity contribution in [3.05, 3.63) is 54.2 Å². The Kier molecular flexibility index (Phi) is 5.95. The van der Waals surface area contributed by atoms with Crippen LogP contribution < -0.4 is 0 Å². The van der Waals surface area contributed by atoms with Gasteiger partial charge in [-0.2, -0.15) is 0 Å². The van der Waals surface area contributed by atoms with Crippen LogP contribution in [0.1, 0.15) is 19.5 Å². The Labute approximate surface area is 203 Å². The minimum Gasteiger partial charge on any atom is -0.340 e. The van der Waals surface area contributed by atoms with Gasteiger partial charge in [-0.1, -0.05) is 55.5 Å². The number of nitrogens with zero attached hydrogens (tertiary/aromatic N) is 4. The number of fused-ring (bicyclic) bond motifs is 3. The molecule has 0 spiro atoms. The molecule has 0 aliphatic carbocycles. The monoisotopic (exact) mass is 496 g/mol. The van der Waals surface area contributed by atoms with Gasteiger partial charge in [-0.05, 0) is 18.2 Å². The molecule has 3 heterocycles. The Balaban J connectivity index is 1.55. The van der Waals surface area contributed by atoms with Crippen LogP contribution in [0.3, 0.4) is 0 Å². The number of aromatic nitrogens is 2. The van der Waals surface area contributed by atoms with Crippen molar-refractivity contribution in [3.63, 3.8) is 0 Å². The van der Waals surface area contributed by atoms with Crippen LogP contribution in [0, 0.1) is 5.92 Å². The van der Waals surface area contributed by atoms with Gasteiger partial charge in [0.05, 0.1) is 26.5 Å². The maximum Gasteiger partial charge on any atom is 0.225 e. The highest BCUT2D eigenvalue weighted by molar-refractivity contribution is 7.90. The van der Waals surface area contributed by atoms with Gasteiger partial charge in [-0.3, -0.25) is 14.1 Å². The van der Waals surface area contributed by atoms with Gasteiger partial charge in [0.2, 0.25) is 5.91 Å². The number of hydrogen-bond donors (Lipinski definition) is 0. The summed E-state index contributed by atoms with van der Waals surface area (Å²) < 4.78 is 27.2. The maximum absolute atomic E-state index is 12.4. The van der Waals surface area contributed by atoms with Gasteiger partial charge >= 0.3 is 0 Å². The van der Waals surface area contributed by atoms with E-state index in [1.54, 1.807) is 12.1 Å². The second-order valence-corrected chi connectivity index (χ2v) is 12.2. The molecule has 1 saturated heterocycles. The number of carbonyl (C=O) groups is 1. The smallest absolute Gasteiger partial charge is 0.225 e. The van der Waals surface area contributed by atoms with Crippen molar-refractivity contribution in [2.24, 2.45) is 5.92 Å². The SMILES string of the molecule is CC(C)C(=O)N1CCN(Cc2c(-c3ccccc3)nc3sc4cc(S(C)(=O)=O)ccc4n23)CC1. The first-order chi connectivity index (χ1) is 16.2. The van der Waals surface area contributed by atoms with Crippen LogP contribution in [-0.2, 0) is 21.2 Å². The van der Waals surface area contributed by atoms with Gasteiger partial charge in [0.15, 0.2) is 14.8 Å². The highest BCUT2D eigenvalue weighted by atomic mass is 32.2. The Morgan fingerprint density at radius 2 is 1.76 bits per heavy atom. The van der Waals surface area contributed by atoms with Crippen LogP contribution in [0.25, 0.3) is 26.4 Å². The van der Waals surface area contributed by atoms with Crippen molar-refractivity contribution in [2.45, 2.75) is 25.3 Å². The fraction of sp³-hybridized carbons (Fsp3) is 0.360. The normalized spacial score (nSPS) is 15.6. The third-order valence-electron chi connectivity index (χ3n) is 6.34. The number of imidazole rings is 1. The molecule has 1 aliphatic heterocycles. The van der Waals surface area contributed by atoms with E-state index in [-0.39, 0.29) is 11.8 Å². The van der Waals surface area contributed by atoms with Gasteiger partial charge in [-0.15, -0.1) is 0 Å². The third-order valence-corrected chi connectivity index (χ3v) is 8.46. The molecule has 5 rings (SSSR count). The summed E-state index contributed by atoms with van der Waals surface area (Å²) in [5.41, 5.74) is 4.05. The Bertz CT molecular complexity index is 1460. The summed E-state index contributed by atoms with van der Waals surface area (Å²) in [6, 6.07) is 15.5. The van der Waals surface area contributed by atoms with Crippen LogP contribution in [0.4, 0.5) is 0 Å². The molecule has 2 aromatic carbocycles. The van der Waals surface area contributed by atoms with Crippen LogP contribution in [0.5, 0.6) is 0 Å². The molecule has 0 saturated carbocycles. The number of rotatable bonds is 5. The van der Waals surface area contributed by atoms with Crippen LogP contribution in [0.2, 0.25) is 0 Å². The lowest BCUT2D eigenvalue weighted by Gasteiger charge is -2.35. The van der Waals surface area contributed by atoms with E-state index < -0.39 is 9.84 Å². The lowest BCUT2D eigenvalue weighted by molar-refractivity contribution is -0.136. The summed E-state index contributed by atoms with van der Waals surface area (Å²) in [6.45, 7) is 7.65. The number of amides is 1. The second kappa shape index (κ2) is 8.79. The van der Waals surface area contributed by atoms with E-state index in [0.717, 1.165) is 58.3 Å². The highest BCUT2D eigenvalue weighted by Gasteiger charge is 2.26. The van der Waals surface area contributed by atoms with Crippen molar-refractivity contribution in [2.75, 3.05) is 32.4 Å². The van der Waals surface area contributed by atoms with Gasteiger partial charge in [0.25, 0.3) is 0 Å². The summed E-state index contributed by atoms with van der Waals surface area (Å²) in [5, 5.41) is 0. The molecule has 1 aliphatic rings. The predicted octanol–water partition coefficient (Wildman–Crippen LogP) is 3.92. The molecule has 1 fully saturated rings. The number of sulfone groups is 1. The lowest BCUT2D eigenvalue weighted by Crippen LogP contribution is -2.49. The van der Waals surface area contributed by atoms with Crippen molar-refractivity contribution in [1.29, 1.82) is 0 Å². The van der Waals surface area contributed by atoms with Gasteiger partial charge in [0.1, 0.15) is 0 Å². The zero-order valence-electron chi connectivity index (χ0n) is 19.6. The van der Waals surface area contributed by atoms with Crippen molar-refractivity contribution < 1.29 is 13.2 Å². The molecule has 34 heavy (non-hydrogen) atoms. The lowest BCUT2D eigenvalue weighted by atomic mass is 10.1. The molecule has 9 heteroatoms. The van der Waals surface area contributed by atoms with E-state index in [1.165, 1.54) is 17.6 Å². The average Bonchev–Trinajstić information content (AvgIpc) is 3.35. The maximum atomic E-state index is 12.4. The third kappa shape index (κ3) is 4.23. The molecule has 0 bridgehead atoms. The predicted molar refractivity (Wildman–Crippen MR) is 136 cm³/mol. The van der Waals surface area contributed by atoms with Crippen LogP contribution >= 0.6 is 11.3 Å². The largest absolute Gasteiger partial charge is 0.340 e. The molecule has 0 atom stereocenters. The molecule has 178 valence electrons. The molecule has 1 amide bonds. The fourth-order valence-electron chi connectivity index (χ4n) is 4.51. The second-order valence-electron chi connectivity index (χ2n) is 9.15. The van der Waals surface area contributed by atoms with Crippen molar-refractivity contribution in [3.8, 4) is 11.3 Å². The van der Waals surface area contributed by atoms with Crippen molar-refractivity contribution in [1.82, 2.24) is 19.2 Å². The molecule has 0 N–H and O–H groups in total. The summed E-state index contributed by atoms with van der Waals surface area (Å²) in [4.78, 5) is 22.9. The van der Waals surface area contributed by atoms with Gasteiger partial charge in [-0.25, -0.2) is 13.4 Å². The minimum absolute atomic E-state index is 0.0136. The quantitative estimate of drug-likeness (QED) is 0.419. The zero-order valence-corrected chi connectivity index (χ0v) is 21.2. The standard InChI is InChI=1S/C25H28N4O3S2/c1-17(2)24(30)28-13-11-27(12-14-28)16-21-23(18-7-5-4-6-8-18)26-25-29(21)20-10-9-19(34(3,31)32)15-22(20)33-25/h4-10,15,17H,11-14,16H2,1-3H3. The number of piperazine rings is 1. The van der Waals surface area contributed by atoms with E-state index in [0.29, 0.717) is 11.4 Å². The highest BCUT2D eigenvalue weighted by Crippen LogP contribution is 2.35. The Morgan fingerprint density at radius 3 is 2.41 bits per heavy atom. The molecular formula is C25H28N4O3S2. The molecule has 0 unspecified atom stereocenters. The molecular weight excluding hydrogens is 468 g/mol. The zero-order chi connectivity index (χ0) is 24.0. The van der Waals surface area contributed by atoms with E-state index in [1.807, 2.05) is 43.0 Å².